The highest BCUT2D eigenvalue weighted by molar-refractivity contribution is 5.31. The number of benzene rings is 2. The van der Waals surface area contributed by atoms with Gasteiger partial charge in [0.05, 0.1) is 18.2 Å². The third-order valence-electron chi connectivity index (χ3n) is 4.52. The molecule has 23 heavy (non-hydrogen) atoms. The second-order valence-corrected chi connectivity index (χ2v) is 6.29. The number of aliphatic hydroxyl groups is 1. The summed E-state index contributed by atoms with van der Waals surface area (Å²) in [5.74, 6) is 0.613. The monoisotopic (exact) mass is 306 g/mol. The van der Waals surface area contributed by atoms with Crippen molar-refractivity contribution in [1.82, 2.24) is 4.90 Å². The van der Waals surface area contributed by atoms with Gasteiger partial charge in [-0.05, 0) is 42.0 Å². The van der Waals surface area contributed by atoms with Gasteiger partial charge in [-0.2, -0.15) is 5.26 Å². The number of rotatable bonds is 7. The summed E-state index contributed by atoms with van der Waals surface area (Å²) in [7, 11) is 0. The van der Waals surface area contributed by atoms with E-state index in [4.69, 9.17) is 5.26 Å². The van der Waals surface area contributed by atoms with Gasteiger partial charge in [0.25, 0.3) is 0 Å². The molecule has 0 heterocycles. The van der Waals surface area contributed by atoms with E-state index in [2.05, 4.69) is 35.2 Å². The maximum absolute atomic E-state index is 9.86. The van der Waals surface area contributed by atoms with Crippen LogP contribution in [0.1, 0.15) is 29.5 Å². The topological polar surface area (TPSA) is 47.3 Å². The molecule has 118 valence electrons. The molecule has 0 amide bonds. The fourth-order valence-corrected chi connectivity index (χ4v) is 3.07. The quantitative estimate of drug-likeness (QED) is 0.853. The van der Waals surface area contributed by atoms with Crippen LogP contribution >= 0.6 is 0 Å². The summed E-state index contributed by atoms with van der Waals surface area (Å²) >= 11 is 0. The van der Waals surface area contributed by atoms with Crippen molar-refractivity contribution in [3.05, 3.63) is 71.3 Å². The van der Waals surface area contributed by atoms with E-state index in [9.17, 15) is 5.11 Å². The molecular formula is C20H22N2O. The lowest BCUT2D eigenvalue weighted by molar-refractivity contribution is 0.0945. The molecule has 0 bridgehead atoms. The Labute approximate surface area is 137 Å². The lowest BCUT2D eigenvalue weighted by Crippen LogP contribution is -2.38. The number of hydrogen-bond acceptors (Lipinski definition) is 3. The average Bonchev–Trinajstić information content (AvgIpc) is 3.42. The first-order valence-electron chi connectivity index (χ1n) is 8.18. The van der Waals surface area contributed by atoms with Gasteiger partial charge < -0.3 is 5.11 Å². The Hall–Kier alpha value is -2.15. The summed E-state index contributed by atoms with van der Waals surface area (Å²) in [6.07, 6.45) is 2.42. The first-order valence-corrected chi connectivity index (χ1v) is 8.18. The van der Waals surface area contributed by atoms with Crippen molar-refractivity contribution in [2.24, 2.45) is 5.92 Å². The zero-order valence-electron chi connectivity index (χ0n) is 13.2. The van der Waals surface area contributed by atoms with Crippen LogP contribution in [0.5, 0.6) is 0 Å². The largest absolute Gasteiger partial charge is 0.395 e. The molecule has 0 spiro atoms. The standard InChI is InChI=1S/C20H22N2O/c21-12-16-6-8-18(9-7-16)14-22(20(15-23)19-10-11-19)13-17-4-2-1-3-5-17/h1-9,19-20,23H,10-11,13-15H2. The van der Waals surface area contributed by atoms with Gasteiger partial charge in [-0.3, -0.25) is 4.90 Å². The highest BCUT2D eigenvalue weighted by atomic mass is 16.3. The minimum Gasteiger partial charge on any atom is -0.395 e. The molecular weight excluding hydrogens is 284 g/mol. The van der Waals surface area contributed by atoms with E-state index in [1.54, 1.807) is 0 Å². The third kappa shape index (κ3) is 4.19. The second-order valence-electron chi connectivity index (χ2n) is 6.29. The van der Waals surface area contributed by atoms with Gasteiger partial charge in [0.1, 0.15) is 0 Å². The van der Waals surface area contributed by atoms with Crippen LogP contribution in [0, 0.1) is 17.2 Å². The van der Waals surface area contributed by atoms with Crippen molar-refractivity contribution in [2.75, 3.05) is 6.61 Å². The van der Waals surface area contributed by atoms with Crippen LogP contribution < -0.4 is 0 Å². The highest BCUT2D eigenvalue weighted by Crippen LogP contribution is 2.36. The summed E-state index contributed by atoms with van der Waals surface area (Å²) in [6.45, 7) is 1.83. The normalized spacial score (nSPS) is 15.3. The maximum Gasteiger partial charge on any atom is 0.0991 e. The molecule has 1 N–H and O–H groups in total. The number of aliphatic hydroxyl groups excluding tert-OH is 1. The minimum absolute atomic E-state index is 0.202. The van der Waals surface area contributed by atoms with Crippen LogP contribution in [0.25, 0.3) is 0 Å². The van der Waals surface area contributed by atoms with Crippen LogP contribution in [-0.4, -0.2) is 22.7 Å². The minimum atomic E-state index is 0.202. The van der Waals surface area contributed by atoms with Crippen LogP contribution in [-0.2, 0) is 13.1 Å². The molecule has 2 aromatic rings. The summed E-state index contributed by atoms with van der Waals surface area (Å²) in [5.41, 5.74) is 3.13. The first-order chi connectivity index (χ1) is 11.3. The highest BCUT2D eigenvalue weighted by Gasteiger charge is 2.34. The molecule has 3 nitrogen and oxygen atoms in total. The Morgan fingerprint density at radius 2 is 1.61 bits per heavy atom. The van der Waals surface area contributed by atoms with Gasteiger partial charge in [0.15, 0.2) is 0 Å². The predicted molar refractivity (Wildman–Crippen MR) is 90.4 cm³/mol. The second kappa shape index (κ2) is 7.41. The SMILES string of the molecule is N#Cc1ccc(CN(Cc2ccccc2)C(CO)C2CC2)cc1. The molecule has 1 aliphatic carbocycles. The van der Waals surface area contributed by atoms with E-state index in [0.29, 0.717) is 11.5 Å². The molecule has 1 fully saturated rings. The zero-order valence-corrected chi connectivity index (χ0v) is 13.2. The number of hydrogen-bond donors (Lipinski definition) is 1. The molecule has 0 aliphatic heterocycles. The molecule has 1 unspecified atom stereocenters. The Bertz CT molecular complexity index is 656. The molecule has 3 heteroatoms. The van der Waals surface area contributed by atoms with Crippen molar-refractivity contribution in [1.29, 1.82) is 5.26 Å². The Balaban J connectivity index is 1.77. The summed E-state index contributed by atoms with van der Waals surface area (Å²) in [6, 6.07) is 20.5. The summed E-state index contributed by atoms with van der Waals surface area (Å²) in [5, 5.41) is 18.8. The van der Waals surface area contributed by atoms with Gasteiger partial charge in [0.2, 0.25) is 0 Å². The van der Waals surface area contributed by atoms with Crippen molar-refractivity contribution in [2.45, 2.75) is 32.0 Å². The Morgan fingerprint density at radius 3 is 2.13 bits per heavy atom. The number of nitriles is 1. The van der Waals surface area contributed by atoms with Crippen molar-refractivity contribution in [3.63, 3.8) is 0 Å². The van der Waals surface area contributed by atoms with Crippen LogP contribution in [0.2, 0.25) is 0 Å². The van der Waals surface area contributed by atoms with E-state index >= 15 is 0 Å². The summed E-state index contributed by atoms with van der Waals surface area (Å²) < 4.78 is 0. The molecule has 0 radical (unpaired) electrons. The van der Waals surface area contributed by atoms with E-state index in [-0.39, 0.29) is 12.6 Å². The summed E-state index contributed by atoms with van der Waals surface area (Å²) in [4.78, 5) is 2.37. The van der Waals surface area contributed by atoms with Crippen LogP contribution in [0.4, 0.5) is 0 Å². The molecule has 2 aromatic carbocycles. The molecule has 3 rings (SSSR count). The van der Waals surface area contributed by atoms with Gasteiger partial charge >= 0.3 is 0 Å². The van der Waals surface area contributed by atoms with E-state index in [1.807, 2.05) is 30.3 Å². The van der Waals surface area contributed by atoms with Crippen molar-refractivity contribution in [3.8, 4) is 6.07 Å². The molecule has 1 atom stereocenters. The average molecular weight is 306 g/mol. The molecule has 1 saturated carbocycles. The lowest BCUT2D eigenvalue weighted by Gasteiger charge is -2.31. The van der Waals surface area contributed by atoms with E-state index in [1.165, 1.54) is 24.0 Å². The predicted octanol–water partition coefficient (Wildman–Crippen LogP) is 3.33. The van der Waals surface area contributed by atoms with Crippen molar-refractivity contribution >= 4 is 0 Å². The van der Waals surface area contributed by atoms with Crippen LogP contribution in [0.3, 0.4) is 0 Å². The molecule has 0 aromatic heterocycles. The van der Waals surface area contributed by atoms with Crippen LogP contribution in [0.15, 0.2) is 54.6 Å². The molecule has 0 saturated heterocycles. The smallest absolute Gasteiger partial charge is 0.0991 e. The zero-order chi connectivity index (χ0) is 16.1. The van der Waals surface area contributed by atoms with Gasteiger partial charge in [-0.25, -0.2) is 0 Å². The number of nitrogens with zero attached hydrogens (tertiary/aromatic N) is 2. The van der Waals surface area contributed by atoms with Gasteiger partial charge in [-0.1, -0.05) is 42.5 Å². The van der Waals surface area contributed by atoms with Gasteiger partial charge in [0, 0.05) is 19.1 Å². The van der Waals surface area contributed by atoms with Gasteiger partial charge in [-0.15, -0.1) is 0 Å². The maximum atomic E-state index is 9.86. The third-order valence-corrected chi connectivity index (χ3v) is 4.52. The van der Waals surface area contributed by atoms with E-state index in [0.717, 1.165) is 13.1 Å². The van der Waals surface area contributed by atoms with E-state index < -0.39 is 0 Å². The molecule has 1 aliphatic rings. The van der Waals surface area contributed by atoms with Crippen molar-refractivity contribution < 1.29 is 5.11 Å². The Kier molecular flexibility index (Phi) is 5.07. The first kappa shape index (κ1) is 15.7. The fraction of sp³-hybridized carbons (Fsp3) is 0.350. The lowest BCUT2D eigenvalue weighted by atomic mass is 10.1. The Morgan fingerprint density at radius 1 is 1.00 bits per heavy atom. The fourth-order valence-electron chi connectivity index (χ4n) is 3.07.